The largest absolute Gasteiger partial charge is 0.497 e. The fraction of sp³-hybridized carbons (Fsp3) is 0.161. The van der Waals surface area contributed by atoms with E-state index in [1.807, 2.05) is 30.3 Å². The van der Waals surface area contributed by atoms with E-state index in [0.717, 1.165) is 11.1 Å². The van der Waals surface area contributed by atoms with E-state index < -0.39 is 17.8 Å². The van der Waals surface area contributed by atoms with E-state index in [2.05, 4.69) is 5.32 Å². The summed E-state index contributed by atoms with van der Waals surface area (Å²) in [6.07, 6.45) is 0.0549. The van der Waals surface area contributed by atoms with Crippen LogP contribution in [0.2, 0.25) is 5.02 Å². The number of ether oxygens (including phenoxy) is 2. The number of nitrogens with zero attached hydrogens (tertiary/aromatic N) is 1. The molecule has 1 atom stereocenters. The van der Waals surface area contributed by atoms with Gasteiger partial charge in [0.05, 0.1) is 26.3 Å². The highest BCUT2D eigenvalue weighted by Gasteiger charge is 2.32. The molecule has 0 radical (unpaired) electrons. The summed E-state index contributed by atoms with van der Waals surface area (Å²) < 4.78 is 25.1. The van der Waals surface area contributed by atoms with Crippen LogP contribution < -0.4 is 14.8 Å². The predicted molar refractivity (Wildman–Crippen MR) is 149 cm³/mol. The highest BCUT2D eigenvalue weighted by Crippen LogP contribution is 2.32. The zero-order valence-corrected chi connectivity index (χ0v) is 22.3. The average molecular weight is 547 g/mol. The van der Waals surface area contributed by atoms with Crippen LogP contribution in [-0.2, 0) is 22.6 Å². The lowest BCUT2D eigenvalue weighted by atomic mass is 10.0. The molecule has 4 aromatic carbocycles. The predicted octanol–water partition coefficient (Wildman–Crippen LogP) is 6.45. The molecular formula is C31H28ClFN2O4. The Bertz CT molecular complexity index is 1430. The Morgan fingerprint density at radius 3 is 2.28 bits per heavy atom. The second-order valence-corrected chi connectivity index (χ2v) is 9.26. The summed E-state index contributed by atoms with van der Waals surface area (Å²) in [5.74, 6) is -0.425. The molecule has 4 rings (SSSR count). The molecule has 0 bridgehead atoms. The normalized spacial score (nSPS) is 11.4. The first kappa shape index (κ1) is 27.7. The van der Waals surface area contributed by atoms with E-state index in [4.69, 9.17) is 21.1 Å². The lowest BCUT2D eigenvalue weighted by Crippen LogP contribution is -2.41. The minimum Gasteiger partial charge on any atom is -0.497 e. The lowest BCUT2D eigenvalue weighted by Gasteiger charge is -2.32. The molecule has 39 heavy (non-hydrogen) atoms. The van der Waals surface area contributed by atoms with Gasteiger partial charge in [0.15, 0.2) is 0 Å². The van der Waals surface area contributed by atoms with Crippen molar-refractivity contribution in [3.63, 3.8) is 0 Å². The van der Waals surface area contributed by atoms with Gasteiger partial charge in [-0.15, -0.1) is 0 Å². The first-order chi connectivity index (χ1) is 18.9. The van der Waals surface area contributed by atoms with Gasteiger partial charge in [0, 0.05) is 17.6 Å². The van der Waals surface area contributed by atoms with Gasteiger partial charge in [0.1, 0.15) is 23.4 Å². The van der Waals surface area contributed by atoms with E-state index >= 15 is 0 Å². The molecule has 0 aliphatic heterocycles. The fourth-order valence-corrected chi connectivity index (χ4v) is 4.36. The molecule has 1 N–H and O–H groups in total. The Balaban J connectivity index is 1.76. The number of amides is 2. The van der Waals surface area contributed by atoms with Crippen molar-refractivity contribution >= 4 is 29.1 Å². The van der Waals surface area contributed by atoms with Gasteiger partial charge in [-0.05, 0) is 53.1 Å². The SMILES string of the molecule is COc1ccc(NC(=O)C(c2cccc(F)c2)N(Cc2ccc(Cl)cc2)C(=O)Cc2ccccc2)c(OC)c1. The second kappa shape index (κ2) is 12.9. The van der Waals surface area contributed by atoms with Crippen molar-refractivity contribution < 1.29 is 23.5 Å². The van der Waals surface area contributed by atoms with Gasteiger partial charge in [0.25, 0.3) is 5.91 Å². The standard InChI is InChI=1S/C31H28ClFN2O4/c1-38-26-15-16-27(28(19-26)39-2)34-31(37)30(23-9-6-10-25(33)18-23)35(20-22-11-13-24(32)14-12-22)29(36)17-21-7-4-3-5-8-21/h3-16,18-19,30H,17,20H2,1-2H3,(H,34,37). The number of carbonyl (C=O) groups is 2. The molecule has 0 saturated heterocycles. The van der Waals surface area contributed by atoms with Gasteiger partial charge in [-0.2, -0.15) is 0 Å². The number of hydrogen-bond donors (Lipinski definition) is 1. The van der Waals surface area contributed by atoms with Crippen LogP contribution in [0.4, 0.5) is 10.1 Å². The van der Waals surface area contributed by atoms with Crippen molar-refractivity contribution in [2.24, 2.45) is 0 Å². The molecule has 0 aromatic heterocycles. The zero-order valence-electron chi connectivity index (χ0n) is 21.6. The van der Waals surface area contributed by atoms with Crippen molar-refractivity contribution in [1.82, 2.24) is 4.90 Å². The van der Waals surface area contributed by atoms with E-state index in [9.17, 15) is 14.0 Å². The number of halogens is 2. The fourth-order valence-electron chi connectivity index (χ4n) is 4.23. The van der Waals surface area contributed by atoms with Crippen molar-refractivity contribution in [3.05, 3.63) is 125 Å². The summed E-state index contributed by atoms with van der Waals surface area (Å²) in [4.78, 5) is 29.2. The number of carbonyl (C=O) groups excluding carboxylic acids is 2. The molecule has 1 unspecified atom stereocenters. The van der Waals surface area contributed by atoms with Gasteiger partial charge >= 0.3 is 0 Å². The van der Waals surface area contributed by atoms with E-state index in [0.29, 0.717) is 27.8 Å². The van der Waals surface area contributed by atoms with Crippen LogP contribution in [0, 0.1) is 5.82 Å². The molecule has 4 aromatic rings. The van der Waals surface area contributed by atoms with Crippen LogP contribution in [-0.4, -0.2) is 30.9 Å². The molecule has 0 heterocycles. The van der Waals surface area contributed by atoms with Gasteiger partial charge in [-0.25, -0.2) is 4.39 Å². The molecule has 8 heteroatoms. The Labute approximate surface area is 231 Å². The van der Waals surface area contributed by atoms with Gasteiger partial charge in [-0.1, -0.05) is 66.2 Å². The monoisotopic (exact) mass is 546 g/mol. The summed E-state index contributed by atoms with van der Waals surface area (Å²) in [7, 11) is 3.00. The van der Waals surface area contributed by atoms with Crippen LogP contribution in [0.5, 0.6) is 11.5 Å². The van der Waals surface area contributed by atoms with Gasteiger partial charge in [0.2, 0.25) is 5.91 Å². The summed E-state index contributed by atoms with van der Waals surface area (Å²) >= 11 is 6.08. The quantitative estimate of drug-likeness (QED) is 0.248. The van der Waals surface area contributed by atoms with Crippen LogP contribution in [0.1, 0.15) is 22.7 Å². The topological polar surface area (TPSA) is 67.9 Å². The number of benzene rings is 4. The molecule has 0 aliphatic rings. The van der Waals surface area contributed by atoms with E-state index in [-0.39, 0.29) is 18.9 Å². The van der Waals surface area contributed by atoms with Crippen molar-refractivity contribution in [3.8, 4) is 11.5 Å². The number of nitrogens with one attached hydrogen (secondary N) is 1. The maximum Gasteiger partial charge on any atom is 0.251 e. The number of rotatable bonds is 10. The Morgan fingerprint density at radius 2 is 1.62 bits per heavy atom. The second-order valence-electron chi connectivity index (χ2n) is 8.82. The molecule has 0 fully saturated rings. The highest BCUT2D eigenvalue weighted by molar-refractivity contribution is 6.30. The molecule has 200 valence electrons. The molecule has 6 nitrogen and oxygen atoms in total. The first-order valence-electron chi connectivity index (χ1n) is 12.2. The molecular weight excluding hydrogens is 519 g/mol. The molecule has 0 saturated carbocycles. The Kier molecular flexibility index (Phi) is 9.18. The lowest BCUT2D eigenvalue weighted by molar-refractivity contribution is -0.139. The van der Waals surface area contributed by atoms with Crippen LogP contribution in [0.25, 0.3) is 0 Å². The van der Waals surface area contributed by atoms with Crippen LogP contribution >= 0.6 is 11.6 Å². The van der Waals surface area contributed by atoms with Gasteiger partial charge < -0.3 is 19.7 Å². The Morgan fingerprint density at radius 1 is 0.872 bits per heavy atom. The first-order valence-corrected chi connectivity index (χ1v) is 12.6. The maximum atomic E-state index is 14.4. The number of hydrogen-bond acceptors (Lipinski definition) is 4. The van der Waals surface area contributed by atoms with Gasteiger partial charge in [-0.3, -0.25) is 9.59 Å². The summed E-state index contributed by atoms with van der Waals surface area (Å²) in [6.45, 7) is 0.0944. The Hall–Kier alpha value is -4.36. The summed E-state index contributed by atoms with van der Waals surface area (Å²) in [5, 5.41) is 3.42. The minimum atomic E-state index is -1.15. The third-order valence-electron chi connectivity index (χ3n) is 6.18. The van der Waals surface area contributed by atoms with Crippen molar-refractivity contribution in [1.29, 1.82) is 0 Å². The van der Waals surface area contributed by atoms with E-state index in [1.54, 1.807) is 48.5 Å². The maximum absolute atomic E-state index is 14.4. The van der Waals surface area contributed by atoms with Crippen LogP contribution in [0.3, 0.4) is 0 Å². The molecule has 0 aliphatic carbocycles. The minimum absolute atomic E-state index is 0.0549. The van der Waals surface area contributed by atoms with Crippen molar-refractivity contribution in [2.45, 2.75) is 19.0 Å². The van der Waals surface area contributed by atoms with Crippen LogP contribution in [0.15, 0.2) is 97.1 Å². The smallest absolute Gasteiger partial charge is 0.251 e. The molecule has 2 amide bonds. The highest BCUT2D eigenvalue weighted by atomic mass is 35.5. The summed E-state index contributed by atoms with van der Waals surface area (Å²) in [5.41, 5.74) is 2.26. The van der Waals surface area contributed by atoms with E-state index in [1.165, 1.54) is 37.3 Å². The third kappa shape index (κ3) is 7.15. The summed E-state index contributed by atoms with van der Waals surface area (Å²) in [6, 6.07) is 25.8. The number of methoxy groups -OCH3 is 2. The zero-order chi connectivity index (χ0) is 27.8. The molecule has 0 spiro atoms. The third-order valence-corrected chi connectivity index (χ3v) is 6.43. The average Bonchev–Trinajstić information content (AvgIpc) is 2.94. The number of anilines is 1. The van der Waals surface area contributed by atoms with Crippen molar-refractivity contribution in [2.75, 3.05) is 19.5 Å².